The number of hydrogen-bond donors (Lipinski definition) is 1. The predicted molar refractivity (Wildman–Crippen MR) is 79.7 cm³/mol. The van der Waals surface area contributed by atoms with Crippen molar-refractivity contribution in [2.45, 2.75) is 19.4 Å². The second-order valence-electron chi connectivity index (χ2n) is 5.74. The van der Waals surface area contributed by atoms with E-state index >= 15 is 0 Å². The Balaban J connectivity index is 1.86. The molecule has 1 aliphatic rings. The van der Waals surface area contributed by atoms with Crippen LogP contribution in [0.2, 0.25) is 0 Å². The van der Waals surface area contributed by atoms with E-state index in [1.807, 2.05) is 30.3 Å². The van der Waals surface area contributed by atoms with Crippen LogP contribution in [0.15, 0.2) is 30.3 Å². The zero-order valence-electron chi connectivity index (χ0n) is 12.4. The van der Waals surface area contributed by atoms with Gasteiger partial charge in [-0.1, -0.05) is 30.3 Å². The van der Waals surface area contributed by atoms with Crippen LogP contribution in [0.3, 0.4) is 0 Å². The molecule has 2 rings (SSSR count). The van der Waals surface area contributed by atoms with E-state index in [4.69, 9.17) is 5.11 Å². The molecule has 0 spiro atoms. The number of rotatable bonds is 8. The van der Waals surface area contributed by atoms with Crippen molar-refractivity contribution in [3.63, 3.8) is 0 Å². The Kier molecular flexibility index (Phi) is 5.33. The molecule has 0 unspecified atom stereocenters. The standard InChI is InChI=1S/C16H22N2O3/c1-17(9-13-5-3-2-4-6-13)15(19)11-18(12-16(20)21)10-14-7-8-14/h2-6,14H,7-12H2,1H3,(H,20,21). The molecule has 1 N–H and O–H groups in total. The first-order chi connectivity index (χ1) is 10.0. The smallest absolute Gasteiger partial charge is 0.317 e. The fourth-order valence-electron chi connectivity index (χ4n) is 2.30. The molecule has 114 valence electrons. The summed E-state index contributed by atoms with van der Waals surface area (Å²) < 4.78 is 0. The minimum atomic E-state index is -0.880. The van der Waals surface area contributed by atoms with Gasteiger partial charge >= 0.3 is 5.97 Å². The van der Waals surface area contributed by atoms with Crippen LogP contribution in [0.4, 0.5) is 0 Å². The highest BCUT2D eigenvalue weighted by molar-refractivity contribution is 5.79. The molecule has 0 heterocycles. The quantitative estimate of drug-likeness (QED) is 0.787. The highest BCUT2D eigenvalue weighted by atomic mass is 16.4. The summed E-state index contributed by atoms with van der Waals surface area (Å²) in [6, 6.07) is 9.77. The number of benzene rings is 1. The average molecular weight is 290 g/mol. The van der Waals surface area contributed by atoms with E-state index in [1.165, 1.54) is 0 Å². The van der Waals surface area contributed by atoms with Crippen LogP contribution in [-0.4, -0.2) is 53.5 Å². The zero-order valence-corrected chi connectivity index (χ0v) is 12.4. The van der Waals surface area contributed by atoms with Gasteiger partial charge in [0.2, 0.25) is 5.91 Å². The third-order valence-corrected chi connectivity index (χ3v) is 3.62. The Hall–Kier alpha value is -1.88. The lowest BCUT2D eigenvalue weighted by atomic mass is 10.2. The molecule has 1 aliphatic carbocycles. The van der Waals surface area contributed by atoms with E-state index in [0.717, 1.165) is 18.4 Å². The molecule has 1 aromatic rings. The van der Waals surface area contributed by atoms with E-state index < -0.39 is 5.97 Å². The normalized spacial score (nSPS) is 14.2. The lowest BCUT2D eigenvalue weighted by molar-refractivity contribution is -0.139. The van der Waals surface area contributed by atoms with Crippen molar-refractivity contribution in [2.75, 3.05) is 26.7 Å². The van der Waals surface area contributed by atoms with Gasteiger partial charge in [-0.3, -0.25) is 14.5 Å². The number of carboxylic acids is 1. The monoisotopic (exact) mass is 290 g/mol. The molecule has 0 aliphatic heterocycles. The largest absolute Gasteiger partial charge is 0.480 e. The fraction of sp³-hybridized carbons (Fsp3) is 0.500. The fourth-order valence-corrected chi connectivity index (χ4v) is 2.30. The third-order valence-electron chi connectivity index (χ3n) is 3.62. The van der Waals surface area contributed by atoms with E-state index in [0.29, 0.717) is 19.0 Å². The molecule has 1 fully saturated rings. The first-order valence-corrected chi connectivity index (χ1v) is 7.26. The minimum absolute atomic E-state index is 0.0410. The van der Waals surface area contributed by atoms with Crippen LogP contribution >= 0.6 is 0 Å². The third kappa shape index (κ3) is 5.55. The molecule has 0 radical (unpaired) electrons. The number of hydrogen-bond acceptors (Lipinski definition) is 3. The first-order valence-electron chi connectivity index (χ1n) is 7.26. The molecule has 0 aromatic heterocycles. The molecule has 5 nitrogen and oxygen atoms in total. The summed E-state index contributed by atoms with van der Waals surface area (Å²) >= 11 is 0. The number of carbonyl (C=O) groups excluding carboxylic acids is 1. The second-order valence-corrected chi connectivity index (χ2v) is 5.74. The molecular weight excluding hydrogens is 268 g/mol. The van der Waals surface area contributed by atoms with Crippen molar-refractivity contribution in [2.24, 2.45) is 5.92 Å². The van der Waals surface area contributed by atoms with E-state index in [-0.39, 0.29) is 19.0 Å². The predicted octanol–water partition coefficient (Wildman–Crippen LogP) is 1.44. The van der Waals surface area contributed by atoms with Crippen LogP contribution < -0.4 is 0 Å². The highest BCUT2D eigenvalue weighted by Gasteiger charge is 2.26. The van der Waals surface area contributed by atoms with Crippen LogP contribution in [0, 0.1) is 5.92 Å². The van der Waals surface area contributed by atoms with Gasteiger partial charge < -0.3 is 10.0 Å². The highest BCUT2D eigenvalue weighted by Crippen LogP contribution is 2.29. The molecule has 0 atom stereocenters. The Morgan fingerprint density at radius 1 is 1.19 bits per heavy atom. The molecule has 0 saturated heterocycles. The number of likely N-dealkylation sites (N-methyl/N-ethyl adjacent to an activating group) is 1. The number of carboxylic acid groups (broad SMARTS) is 1. The van der Waals surface area contributed by atoms with Gasteiger partial charge in [0.05, 0.1) is 13.1 Å². The molecular formula is C16H22N2O3. The van der Waals surface area contributed by atoms with Gasteiger partial charge in [-0.15, -0.1) is 0 Å². The maximum atomic E-state index is 12.2. The number of amides is 1. The Morgan fingerprint density at radius 3 is 2.43 bits per heavy atom. The summed E-state index contributed by atoms with van der Waals surface area (Å²) in [5, 5.41) is 8.94. The molecule has 1 amide bonds. The molecule has 1 saturated carbocycles. The minimum Gasteiger partial charge on any atom is -0.480 e. The molecule has 1 aromatic carbocycles. The van der Waals surface area contributed by atoms with Crippen LogP contribution in [0.1, 0.15) is 18.4 Å². The van der Waals surface area contributed by atoms with Crippen molar-refractivity contribution >= 4 is 11.9 Å². The van der Waals surface area contributed by atoms with E-state index in [1.54, 1.807) is 16.8 Å². The van der Waals surface area contributed by atoms with Gasteiger partial charge in [0, 0.05) is 20.1 Å². The second kappa shape index (κ2) is 7.22. The van der Waals surface area contributed by atoms with Crippen molar-refractivity contribution in [3.05, 3.63) is 35.9 Å². The summed E-state index contributed by atoms with van der Waals surface area (Å²) in [5.74, 6) is -0.355. The van der Waals surface area contributed by atoms with E-state index in [2.05, 4.69) is 0 Å². The van der Waals surface area contributed by atoms with Crippen molar-refractivity contribution in [1.82, 2.24) is 9.80 Å². The van der Waals surface area contributed by atoms with Crippen molar-refractivity contribution in [1.29, 1.82) is 0 Å². The summed E-state index contributed by atoms with van der Waals surface area (Å²) in [6.45, 7) is 1.36. The Morgan fingerprint density at radius 2 is 1.86 bits per heavy atom. The maximum absolute atomic E-state index is 12.2. The SMILES string of the molecule is CN(Cc1ccccc1)C(=O)CN(CC(=O)O)CC1CC1. The van der Waals surface area contributed by atoms with Crippen LogP contribution in [-0.2, 0) is 16.1 Å². The van der Waals surface area contributed by atoms with Gasteiger partial charge in [-0.2, -0.15) is 0 Å². The summed E-state index contributed by atoms with van der Waals surface area (Å²) in [4.78, 5) is 26.5. The van der Waals surface area contributed by atoms with Gasteiger partial charge in [-0.25, -0.2) is 0 Å². The van der Waals surface area contributed by atoms with Crippen LogP contribution in [0.5, 0.6) is 0 Å². The Bertz CT molecular complexity index is 486. The molecule has 0 bridgehead atoms. The summed E-state index contributed by atoms with van der Waals surface area (Å²) in [7, 11) is 1.76. The number of nitrogens with zero attached hydrogens (tertiary/aromatic N) is 2. The zero-order chi connectivity index (χ0) is 15.2. The molecule has 5 heteroatoms. The van der Waals surface area contributed by atoms with Gasteiger partial charge in [-0.05, 0) is 24.3 Å². The lowest BCUT2D eigenvalue weighted by Gasteiger charge is -2.23. The Labute approximate surface area is 125 Å². The van der Waals surface area contributed by atoms with Crippen LogP contribution in [0.25, 0.3) is 0 Å². The van der Waals surface area contributed by atoms with Gasteiger partial charge in [0.25, 0.3) is 0 Å². The van der Waals surface area contributed by atoms with E-state index in [9.17, 15) is 9.59 Å². The van der Waals surface area contributed by atoms with Crippen molar-refractivity contribution in [3.8, 4) is 0 Å². The summed E-state index contributed by atoms with van der Waals surface area (Å²) in [5.41, 5.74) is 1.07. The van der Waals surface area contributed by atoms with Crippen molar-refractivity contribution < 1.29 is 14.7 Å². The average Bonchev–Trinajstić information content (AvgIpc) is 3.22. The number of carbonyl (C=O) groups is 2. The summed E-state index contributed by atoms with van der Waals surface area (Å²) in [6.07, 6.45) is 2.29. The maximum Gasteiger partial charge on any atom is 0.317 e. The first kappa shape index (κ1) is 15.5. The topological polar surface area (TPSA) is 60.9 Å². The van der Waals surface area contributed by atoms with Gasteiger partial charge in [0.1, 0.15) is 0 Å². The van der Waals surface area contributed by atoms with Gasteiger partial charge in [0.15, 0.2) is 0 Å². The lowest BCUT2D eigenvalue weighted by Crippen LogP contribution is -2.41. The number of aliphatic carboxylic acids is 1. The molecule has 21 heavy (non-hydrogen) atoms.